The van der Waals surface area contributed by atoms with E-state index in [9.17, 15) is 4.39 Å². The Morgan fingerprint density at radius 3 is 2.62 bits per heavy atom. The topological polar surface area (TPSA) is 32.5 Å². The third-order valence-electron chi connectivity index (χ3n) is 4.35. The Labute approximate surface area is 127 Å². The van der Waals surface area contributed by atoms with Gasteiger partial charge in [-0.05, 0) is 69.9 Å². The summed E-state index contributed by atoms with van der Waals surface area (Å²) >= 11 is 0. The molecule has 0 bridgehead atoms. The molecule has 118 valence electrons. The average Bonchev–Trinajstić information content (AvgIpc) is 2.40. The molecule has 1 unspecified atom stereocenters. The van der Waals surface area contributed by atoms with Crippen molar-refractivity contribution in [2.24, 2.45) is 11.7 Å². The lowest BCUT2D eigenvalue weighted by Crippen LogP contribution is -2.36. The number of hydrogen-bond donors (Lipinski definition) is 1. The first-order chi connectivity index (χ1) is 9.95. The maximum absolute atomic E-state index is 14.3. The van der Waals surface area contributed by atoms with Crippen LogP contribution in [0.2, 0.25) is 0 Å². The molecule has 1 fully saturated rings. The molecule has 0 aromatic heterocycles. The Bertz CT molecular complexity index is 453. The van der Waals surface area contributed by atoms with Crippen molar-refractivity contribution >= 4 is 5.69 Å². The van der Waals surface area contributed by atoms with Crippen LogP contribution in [0, 0.1) is 11.7 Å². The number of nitrogens with zero attached hydrogens (tertiary/aromatic N) is 2. The van der Waals surface area contributed by atoms with E-state index in [0.29, 0.717) is 11.6 Å². The van der Waals surface area contributed by atoms with Gasteiger partial charge in [-0.25, -0.2) is 4.39 Å². The molecule has 4 heteroatoms. The molecule has 2 rings (SSSR count). The predicted octanol–water partition coefficient (Wildman–Crippen LogP) is 2.49. The fraction of sp³-hybridized carbons (Fsp3) is 0.647. The Morgan fingerprint density at radius 2 is 2.05 bits per heavy atom. The van der Waals surface area contributed by atoms with E-state index >= 15 is 0 Å². The number of hydrogen-bond acceptors (Lipinski definition) is 3. The normalized spacial score (nSPS) is 18.7. The summed E-state index contributed by atoms with van der Waals surface area (Å²) in [7, 11) is 4.15. The van der Waals surface area contributed by atoms with Crippen molar-refractivity contribution in [3.8, 4) is 0 Å². The summed E-state index contributed by atoms with van der Waals surface area (Å²) in [6.45, 7) is 5.16. The molecule has 2 N–H and O–H groups in total. The minimum Gasteiger partial charge on any atom is -0.372 e. The number of anilines is 1. The molecule has 21 heavy (non-hydrogen) atoms. The van der Waals surface area contributed by atoms with Crippen molar-refractivity contribution in [2.75, 3.05) is 38.6 Å². The Morgan fingerprint density at radius 1 is 1.38 bits per heavy atom. The molecule has 1 aromatic rings. The van der Waals surface area contributed by atoms with E-state index in [2.05, 4.69) is 16.8 Å². The molecule has 0 radical (unpaired) electrons. The van der Waals surface area contributed by atoms with Crippen LogP contribution in [0.25, 0.3) is 0 Å². The van der Waals surface area contributed by atoms with Crippen LogP contribution < -0.4 is 10.6 Å². The van der Waals surface area contributed by atoms with Crippen LogP contribution in [-0.2, 0) is 6.42 Å². The van der Waals surface area contributed by atoms with Crippen LogP contribution in [0.5, 0.6) is 0 Å². The molecule has 1 saturated heterocycles. The van der Waals surface area contributed by atoms with Gasteiger partial charge in [0, 0.05) is 19.6 Å². The van der Waals surface area contributed by atoms with E-state index in [1.807, 2.05) is 26.1 Å². The van der Waals surface area contributed by atoms with Crippen LogP contribution in [0.3, 0.4) is 0 Å². The summed E-state index contributed by atoms with van der Waals surface area (Å²) in [4.78, 5) is 4.42. The monoisotopic (exact) mass is 293 g/mol. The summed E-state index contributed by atoms with van der Waals surface area (Å²) in [5, 5.41) is 0. The fourth-order valence-electron chi connectivity index (χ4n) is 3.09. The van der Waals surface area contributed by atoms with Crippen LogP contribution in [0.1, 0.15) is 25.3 Å². The Kier molecular flexibility index (Phi) is 5.59. The SMILES string of the molecule is CC(N)Cc1ccc(N(C)CC2CCN(C)CC2)c(F)c1. The molecule has 0 spiro atoms. The van der Waals surface area contributed by atoms with Gasteiger partial charge in [0.1, 0.15) is 5.82 Å². The molecule has 0 aliphatic carbocycles. The Balaban J connectivity index is 1.97. The number of piperidine rings is 1. The molecule has 1 aliphatic heterocycles. The lowest BCUT2D eigenvalue weighted by molar-refractivity contribution is 0.222. The number of rotatable bonds is 5. The van der Waals surface area contributed by atoms with E-state index in [1.54, 1.807) is 6.07 Å². The second-order valence-corrected chi connectivity index (χ2v) is 6.59. The van der Waals surface area contributed by atoms with Gasteiger partial charge in [0.2, 0.25) is 0 Å². The number of nitrogens with two attached hydrogens (primary N) is 1. The Hall–Kier alpha value is -1.13. The van der Waals surface area contributed by atoms with Gasteiger partial charge in [0.05, 0.1) is 5.69 Å². The first-order valence-corrected chi connectivity index (χ1v) is 7.89. The largest absolute Gasteiger partial charge is 0.372 e. The van der Waals surface area contributed by atoms with Crippen molar-refractivity contribution in [1.82, 2.24) is 4.90 Å². The standard InChI is InChI=1S/C17H28FN3/c1-13(19)10-15-4-5-17(16(18)11-15)21(3)12-14-6-8-20(2)9-7-14/h4-5,11,13-14H,6-10,12,19H2,1-3H3. The number of halogens is 1. The van der Waals surface area contributed by atoms with Gasteiger partial charge in [-0.15, -0.1) is 0 Å². The minimum atomic E-state index is -0.136. The molecule has 0 amide bonds. The van der Waals surface area contributed by atoms with E-state index in [0.717, 1.165) is 31.6 Å². The van der Waals surface area contributed by atoms with Gasteiger partial charge in [-0.3, -0.25) is 0 Å². The summed E-state index contributed by atoms with van der Waals surface area (Å²) in [5.74, 6) is 0.526. The first-order valence-electron chi connectivity index (χ1n) is 7.89. The fourth-order valence-corrected chi connectivity index (χ4v) is 3.09. The molecule has 1 aliphatic rings. The molecular formula is C17H28FN3. The summed E-state index contributed by atoms with van der Waals surface area (Å²) in [5.41, 5.74) is 7.44. The van der Waals surface area contributed by atoms with Gasteiger partial charge >= 0.3 is 0 Å². The van der Waals surface area contributed by atoms with E-state index in [-0.39, 0.29) is 11.9 Å². The minimum absolute atomic E-state index is 0.0622. The lowest BCUT2D eigenvalue weighted by atomic mass is 9.96. The third kappa shape index (κ3) is 4.68. The second-order valence-electron chi connectivity index (χ2n) is 6.59. The maximum Gasteiger partial charge on any atom is 0.146 e. The van der Waals surface area contributed by atoms with Crippen molar-refractivity contribution in [2.45, 2.75) is 32.2 Å². The highest BCUT2D eigenvalue weighted by atomic mass is 19.1. The molecule has 3 nitrogen and oxygen atoms in total. The average molecular weight is 293 g/mol. The number of likely N-dealkylation sites (tertiary alicyclic amines) is 1. The first kappa shape index (κ1) is 16.2. The third-order valence-corrected chi connectivity index (χ3v) is 4.35. The van der Waals surface area contributed by atoms with Crippen LogP contribution in [0.4, 0.5) is 10.1 Å². The van der Waals surface area contributed by atoms with Crippen molar-refractivity contribution in [1.29, 1.82) is 0 Å². The molecular weight excluding hydrogens is 265 g/mol. The summed E-state index contributed by atoms with van der Waals surface area (Å²) in [6, 6.07) is 5.57. The van der Waals surface area contributed by atoms with E-state index < -0.39 is 0 Å². The predicted molar refractivity (Wildman–Crippen MR) is 87.2 cm³/mol. The maximum atomic E-state index is 14.3. The zero-order valence-electron chi connectivity index (χ0n) is 13.5. The van der Waals surface area contributed by atoms with Crippen molar-refractivity contribution in [3.63, 3.8) is 0 Å². The highest BCUT2D eigenvalue weighted by Gasteiger charge is 2.19. The second kappa shape index (κ2) is 7.23. The zero-order chi connectivity index (χ0) is 15.4. The van der Waals surface area contributed by atoms with Gasteiger partial charge < -0.3 is 15.5 Å². The highest BCUT2D eigenvalue weighted by molar-refractivity contribution is 5.48. The van der Waals surface area contributed by atoms with Gasteiger partial charge in [0.25, 0.3) is 0 Å². The van der Waals surface area contributed by atoms with Crippen molar-refractivity contribution < 1.29 is 4.39 Å². The smallest absolute Gasteiger partial charge is 0.146 e. The molecule has 1 heterocycles. The zero-order valence-corrected chi connectivity index (χ0v) is 13.5. The molecule has 0 saturated carbocycles. The molecule has 1 aromatic carbocycles. The highest BCUT2D eigenvalue weighted by Crippen LogP contribution is 2.24. The summed E-state index contributed by atoms with van der Waals surface area (Å²) in [6.07, 6.45) is 3.12. The quantitative estimate of drug-likeness (QED) is 0.905. The summed E-state index contributed by atoms with van der Waals surface area (Å²) < 4.78 is 14.3. The van der Waals surface area contributed by atoms with Gasteiger partial charge in [-0.2, -0.15) is 0 Å². The van der Waals surface area contributed by atoms with Crippen LogP contribution >= 0.6 is 0 Å². The van der Waals surface area contributed by atoms with Crippen LogP contribution in [0.15, 0.2) is 18.2 Å². The number of benzene rings is 1. The van der Waals surface area contributed by atoms with Crippen molar-refractivity contribution in [3.05, 3.63) is 29.6 Å². The van der Waals surface area contributed by atoms with E-state index in [4.69, 9.17) is 5.73 Å². The lowest BCUT2D eigenvalue weighted by Gasteiger charge is -2.32. The van der Waals surface area contributed by atoms with Crippen LogP contribution in [-0.4, -0.2) is 44.7 Å². The van der Waals surface area contributed by atoms with Gasteiger partial charge in [0.15, 0.2) is 0 Å². The van der Waals surface area contributed by atoms with E-state index in [1.165, 1.54) is 12.8 Å². The van der Waals surface area contributed by atoms with Gasteiger partial charge in [-0.1, -0.05) is 6.07 Å². The molecule has 1 atom stereocenters.